The molecule has 0 aliphatic heterocycles. The molecule has 0 fully saturated rings. The number of rotatable bonds is 5. The first-order valence-corrected chi connectivity index (χ1v) is 18.0. The standard InChI is InChI=1S/C52H34/c1-2-12-35(13-3-1)37-24-29-40(30-25-37)45-21-11-23-49-51(46-22-10-17-39-15-6-7-18-44(39)46)48-20-9-8-19-47(48)50(52(45)49)41-31-26-38(27-32-41)43-33-28-36-14-4-5-16-42(36)34-43/h1-34H. The van der Waals surface area contributed by atoms with Crippen LogP contribution in [0.3, 0.4) is 0 Å². The summed E-state index contributed by atoms with van der Waals surface area (Å²) < 4.78 is 0. The van der Waals surface area contributed by atoms with Gasteiger partial charge in [0.1, 0.15) is 0 Å². The van der Waals surface area contributed by atoms with Crippen molar-refractivity contribution in [3.63, 3.8) is 0 Å². The highest BCUT2D eigenvalue weighted by molar-refractivity contribution is 6.26. The average Bonchev–Trinajstić information content (AvgIpc) is 3.23. The van der Waals surface area contributed by atoms with Crippen molar-refractivity contribution in [2.75, 3.05) is 0 Å². The molecule has 242 valence electrons. The van der Waals surface area contributed by atoms with Gasteiger partial charge in [-0.3, -0.25) is 0 Å². The van der Waals surface area contributed by atoms with Crippen molar-refractivity contribution in [1.82, 2.24) is 0 Å². The molecule has 10 rings (SSSR count). The smallest absolute Gasteiger partial charge is 0.00141 e. The summed E-state index contributed by atoms with van der Waals surface area (Å²) in [5.41, 5.74) is 12.3. The van der Waals surface area contributed by atoms with Crippen LogP contribution in [0.4, 0.5) is 0 Å². The van der Waals surface area contributed by atoms with E-state index in [1.165, 1.54) is 98.7 Å². The first-order chi connectivity index (χ1) is 25.8. The van der Waals surface area contributed by atoms with E-state index in [1.54, 1.807) is 0 Å². The lowest BCUT2D eigenvalue weighted by molar-refractivity contribution is 1.60. The Morgan fingerprint density at radius 3 is 1.46 bits per heavy atom. The van der Waals surface area contributed by atoms with Crippen LogP contribution in [-0.2, 0) is 0 Å². The van der Waals surface area contributed by atoms with E-state index in [1.807, 2.05) is 0 Å². The van der Waals surface area contributed by atoms with Gasteiger partial charge in [0.05, 0.1) is 0 Å². The normalized spacial score (nSPS) is 11.5. The van der Waals surface area contributed by atoms with Gasteiger partial charge in [0.25, 0.3) is 0 Å². The van der Waals surface area contributed by atoms with E-state index in [-0.39, 0.29) is 0 Å². The van der Waals surface area contributed by atoms with Crippen molar-refractivity contribution in [3.8, 4) is 55.6 Å². The minimum absolute atomic E-state index is 1.21. The van der Waals surface area contributed by atoms with Crippen LogP contribution in [0, 0.1) is 0 Å². The minimum atomic E-state index is 1.21. The van der Waals surface area contributed by atoms with Gasteiger partial charge in [-0.25, -0.2) is 0 Å². The van der Waals surface area contributed by atoms with Crippen LogP contribution in [0.1, 0.15) is 0 Å². The maximum Gasteiger partial charge on any atom is -0.00141 e. The maximum atomic E-state index is 2.33. The molecular weight excluding hydrogens is 625 g/mol. The van der Waals surface area contributed by atoms with Crippen LogP contribution >= 0.6 is 0 Å². The first kappa shape index (κ1) is 30.1. The zero-order valence-corrected chi connectivity index (χ0v) is 28.6. The highest BCUT2D eigenvalue weighted by Gasteiger charge is 2.21. The predicted octanol–water partition coefficient (Wildman–Crippen LogP) is 14.6. The van der Waals surface area contributed by atoms with Crippen molar-refractivity contribution >= 4 is 43.1 Å². The molecule has 0 spiro atoms. The van der Waals surface area contributed by atoms with Crippen LogP contribution in [0.15, 0.2) is 206 Å². The molecule has 0 aliphatic carbocycles. The van der Waals surface area contributed by atoms with Crippen molar-refractivity contribution in [2.24, 2.45) is 0 Å². The molecule has 0 N–H and O–H groups in total. The molecule has 10 aromatic carbocycles. The Balaban J connectivity index is 1.24. The maximum absolute atomic E-state index is 2.33. The van der Waals surface area contributed by atoms with Crippen LogP contribution in [0.25, 0.3) is 98.7 Å². The molecule has 0 nitrogen and oxygen atoms in total. The van der Waals surface area contributed by atoms with Gasteiger partial charge in [0.15, 0.2) is 0 Å². The predicted molar refractivity (Wildman–Crippen MR) is 224 cm³/mol. The SMILES string of the molecule is c1ccc(-c2ccc(-c3cccc4c(-c5cccc6ccccc56)c5ccccc5c(-c5ccc(-c6ccc7ccccc7c6)cc5)c34)cc2)cc1. The summed E-state index contributed by atoms with van der Waals surface area (Å²) in [6.07, 6.45) is 0. The second-order valence-electron chi connectivity index (χ2n) is 13.6. The quantitative estimate of drug-likeness (QED) is 0.161. The second kappa shape index (κ2) is 12.5. The van der Waals surface area contributed by atoms with Gasteiger partial charge in [-0.05, 0) is 105 Å². The van der Waals surface area contributed by atoms with E-state index in [0.717, 1.165) is 0 Å². The molecule has 52 heavy (non-hydrogen) atoms. The van der Waals surface area contributed by atoms with Crippen LogP contribution < -0.4 is 0 Å². The number of hydrogen-bond acceptors (Lipinski definition) is 0. The zero-order chi connectivity index (χ0) is 34.4. The fraction of sp³-hybridized carbons (Fsp3) is 0. The molecule has 0 amide bonds. The Hall–Kier alpha value is -6.76. The summed E-state index contributed by atoms with van der Waals surface area (Å²) in [6, 6.07) is 75.6. The third-order valence-corrected chi connectivity index (χ3v) is 10.7. The fourth-order valence-corrected chi connectivity index (χ4v) is 8.17. The third-order valence-electron chi connectivity index (χ3n) is 10.7. The van der Waals surface area contributed by atoms with Gasteiger partial charge in [0, 0.05) is 0 Å². The highest BCUT2D eigenvalue weighted by Crippen LogP contribution is 2.48. The van der Waals surface area contributed by atoms with E-state index in [2.05, 4.69) is 206 Å². The van der Waals surface area contributed by atoms with Crippen molar-refractivity contribution in [3.05, 3.63) is 206 Å². The monoisotopic (exact) mass is 658 g/mol. The Morgan fingerprint density at radius 2 is 0.692 bits per heavy atom. The largest absolute Gasteiger partial charge is 0.0622 e. The Bertz CT molecular complexity index is 2910. The van der Waals surface area contributed by atoms with Gasteiger partial charge in [0.2, 0.25) is 0 Å². The van der Waals surface area contributed by atoms with Crippen LogP contribution in [-0.4, -0.2) is 0 Å². The second-order valence-corrected chi connectivity index (χ2v) is 13.6. The lowest BCUT2D eigenvalue weighted by Gasteiger charge is -2.21. The Labute approximate surface area is 303 Å². The molecule has 0 heteroatoms. The summed E-state index contributed by atoms with van der Waals surface area (Å²) >= 11 is 0. The number of benzene rings is 10. The number of hydrogen-bond donors (Lipinski definition) is 0. The Morgan fingerprint density at radius 1 is 0.212 bits per heavy atom. The van der Waals surface area contributed by atoms with E-state index in [4.69, 9.17) is 0 Å². The molecule has 0 aliphatic rings. The number of fused-ring (bicyclic) bond motifs is 4. The fourth-order valence-electron chi connectivity index (χ4n) is 8.17. The molecule has 0 heterocycles. The van der Waals surface area contributed by atoms with Gasteiger partial charge < -0.3 is 0 Å². The van der Waals surface area contributed by atoms with E-state index >= 15 is 0 Å². The van der Waals surface area contributed by atoms with Crippen molar-refractivity contribution < 1.29 is 0 Å². The van der Waals surface area contributed by atoms with Crippen molar-refractivity contribution in [1.29, 1.82) is 0 Å². The molecule has 0 atom stereocenters. The van der Waals surface area contributed by atoms with Crippen LogP contribution in [0.2, 0.25) is 0 Å². The molecule has 0 aromatic heterocycles. The van der Waals surface area contributed by atoms with E-state index in [0.29, 0.717) is 0 Å². The molecule has 0 saturated heterocycles. The van der Waals surface area contributed by atoms with Gasteiger partial charge in [-0.1, -0.05) is 200 Å². The van der Waals surface area contributed by atoms with E-state index in [9.17, 15) is 0 Å². The summed E-state index contributed by atoms with van der Waals surface area (Å²) in [6.45, 7) is 0. The summed E-state index contributed by atoms with van der Waals surface area (Å²) in [4.78, 5) is 0. The highest BCUT2D eigenvalue weighted by atomic mass is 14.2. The van der Waals surface area contributed by atoms with Crippen molar-refractivity contribution in [2.45, 2.75) is 0 Å². The van der Waals surface area contributed by atoms with E-state index < -0.39 is 0 Å². The molecular formula is C52H34. The minimum Gasteiger partial charge on any atom is -0.0622 e. The summed E-state index contributed by atoms with van der Waals surface area (Å²) in [5, 5.41) is 10.1. The summed E-state index contributed by atoms with van der Waals surface area (Å²) in [5.74, 6) is 0. The molecule has 0 unspecified atom stereocenters. The molecule has 0 bridgehead atoms. The lowest BCUT2D eigenvalue weighted by atomic mass is 9.82. The zero-order valence-electron chi connectivity index (χ0n) is 28.6. The topological polar surface area (TPSA) is 0 Å². The molecule has 0 radical (unpaired) electrons. The molecule has 10 aromatic rings. The Kier molecular flexibility index (Phi) is 7.25. The van der Waals surface area contributed by atoms with Gasteiger partial charge in [-0.2, -0.15) is 0 Å². The first-order valence-electron chi connectivity index (χ1n) is 18.0. The van der Waals surface area contributed by atoms with Gasteiger partial charge in [-0.15, -0.1) is 0 Å². The summed E-state index contributed by atoms with van der Waals surface area (Å²) in [7, 11) is 0. The average molecular weight is 659 g/mol. The lowest BCUT2D eigenvalue weighted by Crippen LogP contribution is -1.94. The third kappa shape index (κ3) is 5.08. The van der Waals surface area contributed by atoms with Crippen LogP contribution in [0.5, 0.6) is 0 Å². The molecule has 0 saturated carbocycles. The van der Waals surface area contributed by atoms with Gasteiger partial charge >= 0.3 is 0 Å².